The molecule has 0 bridgehead atoms. The smallest absolute Gasteiger partial charge is 0.276 e. The van der Waals surface area contributed by atoms with E-state index < -0.39 is 0 Å². The van der Waals surface area contributed by atoms with Gasteiger partial charge in [0.05, 0.1) is 30.8 Å². The van der Waals surface area contributed by atoms with E-state index in [1.165, 1.54) is 6.42 Å². The highest BCUT2D eigenvalue weighted by Crippen LogP contribution is 2.19. The Hall–Kier alpha value is -2.87. The van der Waals surface area contributed by atoms with Crippen molar-refractivity contribution in [3.63, 3.8) is 0 Å². The molecule has 0 aromatic carbocycles. The maximum absolute atomic E-state index is 12.3. The molecule has 0 aliphatic carbocycles. The van der Waals surface area contributed by atoms with Gasteiger partial charge in [-0.3, -0.25) is 14.6 Å². The van der Waals surface area contributed by atoms with E-state index in [9.17, 15) is 4.79 Å². The van der Waals surface area contributed by atoms with Crippen LogP contribution < -0.4 is 5.32 Å². The van der Waals surface area contributed by atoms with Gasteiger partial charge in [0.25, 0.3) is 5.91 Å². The average Bonchev–Trinajstić information content (AvgIpc) is 3.37. The Kier molecular flexibility index (Phi) is 4.34. The van der Waals surface area contributed by atoms with Crippen molar-refractivity contribution >= 4 is 11.6 Å². The number of carbonyl (C=O) groups is 1. The van der Waals surface area contributed by atoms with Crippen LogP contribution in [0, 0.1) is 0 Å². The number of nitrogens with zero attached hydrogens (tertiary/aromatic N) is 3. The summed E-state index contributed by atoms with van der Waals surface area (Å²) >= 11 is 0. The minimum Gasteiger partial charge on any atom is -0.463 e. The fourth-order valence-electron chi connectivity index (χ4n) is 2.88. The van der Waals surface area contributed by atoms with Gasteiger partial charge in [0.15, 0.2) is 11.5 Å². The third-order valence-corrected chi connectivity index (χ3v) is 4.15. The van der Waals surface area contributed by atoms with Gasteiger partial charge in [-0.15, -0.1) is 0 Å². The average molecular weight is 341 g/mol. The second kappa shape index (κ2) is 6.94. The zero-order valence-electron chi connectivity index (χ0n) is 13.6. The van der Waals surface area contributed by atoms with E-state index in [1.807, 2.05) is 0 Å². The minimum absolute atomic E-state index is 0.194. The fraction of sp³-hybridized carbons (Fsp3) is 0.353. The third kappa shape index (κ3) is 3.63. The Labute approximate surface area is 144 Å². The lowest BCUT2D eigenvalue weighted by Crippen LogP contribution is -2.24. The predicted octanol–water partition coefficient (Wildman–Crippen LogP) is 2.69. The molecule has 4 heterocycles. The number of anilines is 1. The minimum atomic E-state index is -0.303. The summed E-state index contributed by atoms with van der Waals surface area (Å²) in [6, 6.07) is 5.22. The number of H-pyrrole nitrogens is 1. The van der Waals surface area contributed by atoms with Gasteiger partial charge in [-0.05, 0) is 31.4 Å². The molecule has 0 saturated carbocycles. The number of aromatic amines is 1. The number of nitrogens with one attached hydrogen (secondary N) is 2. The first-order chi connectivity index (χ1) is 12.3. The zero-order chi connectivity index (χ0) is 17.1. The van der Waals surface area contributed by atoms with Gasteiger partial charge in [-0.25, -0.2) is 0 Å². The molecule has 1 atom stereocenters. The molecule has 1 fully saturated rings. The van der Waals surface area contributed by atoms with E-state index in [0.717, 1.165) is 19.4 Å². The third-order valence-electron chi connectivity index (χ3n) is 4.15. The summed E-state index contributed by atoms with van der Waals surface area (Å²) in [5.41, 5.74) is 1.57. The Bertz CT molecular complexity index is 830. The summed E-state index contributed by atoms with van der Waals surface area (Å²) in [6.45, 7) is 1.51. The lowest BCUT2D eigenvalue weighted by atomic mass is 10.1. The zero-order valence-corrected chi connectivity index (χ0v) is 13.6. The molecule has 3 aromatic heterocycles. The number of carbonyl (C=O) groups excluding carboxylic acids is 1. The summed E-state index contributed by atoms with van der Waals surface area (Å²) in [4.78, 5) is 12.3. The fourth-order valence-corrected chi connectivity index (χ4v) is 2.88. The Morgan fingerprint density at radius 2 is 2.40 bits per heavy atom. The first kappa shape index (κ1) is 15.6. The molecule has 1 aliphatic heterocycles. The van der Waals surface area contributed by atoms with Crippen LogP contribution in [0.3, 0.4) is 0 Å². The summed E-state index contributed by atoms with van der Waals surface area (Å²) < 4.78 is 12.8. The SMILES string of the molecule is O=C(Nc1cnn(CC2CCCCO2)c1)c1cc(-c2ccco2)[nH]n1. The van der Waals surface area contributed by atoms with Crippen LogP contribution in [-0.4, -0.2) is 38.6 Å². The summed E-state index contributed by atoms with van der Waals surface area (Å²) in [7, 11) is 0. The number of furan rings is 1. The number of amides is 1. The van der Waals surface area contributed by atoms with Gasteiger partial charge in [0.1, 0.15) is 5.69 Å². The molecule has 8 heteroatoms. The number of aromatic nitrogens is 4. The quantitative estimate of drug-likeness (QED) is 0.743. The van der Waals surface area contributed by atoms with Crippen LogP contribution in [0.5, 0.6) is 0 Å². The molecule has 130 valence electrons. The van der Waals surface area contributed by atoms with E-state index in [0.29, 0.717) is 23.7 Å². The molecule has 1 amide bonds. The normalized spacial score (nSPS) is 17.5. The molecule has 1 saturated heterocycles. The van der Waals surface area contributed by atoms with E-state index in [4.69, 9.17) is 9.15 Å². The molecular formula is C17H19N5O3. The standard InChI is InChI=1S/C17H19N5O3/c23-17(15-8-14(20-21-15)16-5-3-7-25-16)19-12-9-18-22(10-12)11-13-4-1-2-6-24-13/h3,5,7-10,13H,1-2,4,6,11H2,(H,19,23)(H,20,21). The summed E-state index contributed by atoms with van der Waals surface area (Å²) in [5.74, 6) is 0.328. The van der Waals surface area contributed by atoms with Gasteiger partial charge in [0.2, 0.25) is 0 Å². The Balaban J connectivity index is 1.38. The first-order valence-electron chi connectivity index (χ1n) is 8.32. The molecule has 25 heavy (non-hydrogen) atoms. The number of hydrogen-bond donors (Lipinski definition) is 2. The maximum atomic E-state index is 12.3. The van der Waals surface area contributed by atoms with Crippen LogP contribution in [0.2, 0.25) is 0 Å². The van der Waals surface area contributed by atoms with Crippen molar-refractivity contribution in [2.24, 2.45) is 0 Å². The Morgan fingerprint density at radius 3 is 3.20 bits per heavy atom. The van der Waals surface area contributed by atoms with Crippen LogP contribution in [0.4, 0.5) is 5.69 Å². The first-order valence-corrected chi connectivity index (χ1v) is 8.32. The molecule has 4 rings (SSSR count). The summed E-state index contributed by atoms with van der Waals surface area (Å²) in [6.07, 6.45) is 8.55. The van der Waals surface area contributed by atoms with Crippen molar-refractivity contribution in [3.8, 4) is 11.5 Å². The van der Waals surface area contributed by atoms with Crippen LogP contribution >= 0.6 is 0 Å². The van der Waals surface area contributed by atoms with Gasteiger partial charge in [-0.2, -0.15) is 10.2 Å². The molecular weight excluding hydrogens is 322 g/mol. The lowest BCUT2D eigenvalue weighted by molar-refractivity contribution is 0.00401. The van der Waals surface area contributed by atoms with Crippen molar-refractivity contribution in [2.45, 2.75) is 31.9 Å². The van der Waals surface area contributed by atoms with Crippen molar-refractivity contribution in [3.05, 3.63) is 42.5 Å². The highest BCUT2D eigenvalue weighted by Gasteiger charge is 2.16. The number of rotatable bonds is 5. The lowest BCUT2D eigenvalue weighted by Gasteiger charge is -2.22. The van der Waals surface area contributed by atoms with Crippen LogP contribution in [0.25, 0.3) is 11.5 Å². The maximum Gasteiger partial charge on any atom is 0.276 e. The molecule has 3 aromatic rings. The second-order valence-corrected chi connectivity index (χ2v) is 6.04. The van der Waals surface area contributed by atoms with E-state index >= 15 is 0 Å². The van der Waals surface area contributed by atoms with Gasteiger partial charge < -0.3 is 14.5 Å². The van der Waals surface area contributed by atoms with E-state index in [1.54, 1.807) is 41.5 Å². The largest absolute Gasteiger partial charge is 0.463 e. The molecule has 8 nitrogen and oxygen atoms in total. The van der Waals surface area contributed by atoms with Crippen molar-refractivity contribution in [2.75, 3.05) is 11.9 Å². The van der Waals surface area contributed by atoms with Crippen LogP contribution in [-0.2, 0) is 11.3 Å². The molecule has 2 N–H and O–H groups in total. The highest BCUT2D eigenvalue weighted by molar-refractivity contribution is 6.03. The molecule has 0 radical (unpaired) electrons. The number of hydrogen-bond acceptors (Lipinski definition) is 5. The molecule has 1 unspecified atom stereocenters. The molecule has 1 aliphatic rings. The number of ether oxygens (including phenoxy) is 1. The van der Waals surface area contributed by atoms with Gasteiger partial charge in [-0.1, -0.05) is 0 Å². The topological polar surface area (TPSA) is 98.0 Å². The van der Waals surface area contributed by atoms with E-state index in [2.05, 4.69) is 20.6 Å². The predicted molar refractivity (Wildman–Crippen MR) is 90.1 cm³/mol. The van der Waals surface area contributed by atoms with Crippen molar-refractivity contribution in [1.29, 1.82) is 0 Å². The van der Waals surface area contributed by atoms with Gasteiger partial charge in [0, 0.05) is 18.9 Å². The van der Waals surface area contributed by atoms with Crippen LogP contribution in [0.15, 0.2) is 41.3 Å². The monoisotopic (exact) mass is 341 g/mol. The second-order valence-electron chi connectivity index (χ2n) is 6.04. The van der Waals surface area contributed by atoms with E-state index in [-0.39, 0.29) is 17.7 Å². The van der Waals surface area contributed by atoms with Crippen molar-refractivity contribution < 1.29 is 13.9 Å². The summed E-state index contributed by atoms with van der Waals surface area (Å²) in [5, 5.41) is 13.9. The Morgan fingerprint density at radius 1 is 1.44 bits per heavy atom. The highest BCUT2D eigenvalue weighted by atomic mass is 16.5. The van der Waals surface area contributed by atoms with Crippen molar-refractivity contribution in [1.82, 2.24) is 20.0 Å². The van der Waals surface area contributed by atoms with Gasteiger partial charge >= 0.3 is 0 Å². The van der Waals surface area contributed by atoms with Crippen LogP contribution in [0.1, 0.15) is 29.8 Å². The molecule has 0 spiro atoms.